The molecule has 24 heavy (non-hydrogen) atoms. The van der Waals surface area contributed by atoms with E-state index >= 15 is 0 Å². The van der Waals surface area contributed by atoms with E-state index in [0.717, 1.165) is 28.8 Å². The van der Waals surface area contributed by atoms with Gasteiger partial charge in [0.1, 0.15) is 6.61 Å². The van der Waals surface area contributed by atoms with Gasteiger partial charge in [0.15, 0.2) is 11.5 Å². The third-order valence-electron chi connectivity index (χ3n) is 3.38. The molecular formula is C19H31BrClNO2. The van der Waals surface area contributed by atoms with Crippen LogP contribution in [0, 0.1) is 5.41 Å². The smallest absolute Gasteiger partial charge is 0.175 e. The second kappa shape index (κ2) is 9.69. The van der Waals surface area contributed by atoms with Crippen LogP contribution in [0.1, 0.15) is 46.6 Å². The van der Waals surface area contributed by atoms with Crippen molar-refractivity contribution < 1.29 is 9.47 Å². The molecule has 0 aliphatic carbocycles. The molecule has 1 N–H and O–H groups in total. The molecule has 3 nitrogen and oxygen atoms in total. The minimum absolute atomic E-state index is 0. The Labute approximate surface area is 161 Å². The minimum atomic E-state index is 0. The summed E-state index contributed by atoms with van der Waals surface area (Å²) in [7, 11) is 1.66. The van der Waals surface area contributed by atoms with Gasteiger partial charge in [0.2, 0.25) is 0 Å². The largest absolute Gasteiger partial charge is 0.493 e. The van der Waals surface area contributed by atoms with Crippen LogP contribution in [0.4, 0.5) is 0 Å². The fraction of sp³-hybridized carbons (Fsp3) is 0.579. The van der Waals surface area contributed by atoms with E-state index in [0.29, 0.717) is 12.4 Å². The summed E-state index contributed by atoms with van der Waals surface area (Å²) in [4.78, 5) is 0. The predicted molar refractivity (Wildman–Crippen MR) is 109 cm³/mol. The standard InChI is InChI=1S/C19H30BrNO2.ClH/c1-8-9-23-17-15(20)10-14(11-16(17)22-7)12-21-19(5,6)13-18(2,3)4;/h8,10-11,21H,1,9,12-13H2,2-7H3;1H. The van der Waals surface area contributed by atoms with Gasteiger partial charge in [-0.05, 0) is 59.3 Å². The van der Waals surface area contributed by atoms with Gasteiger partial charge in [0.25, 0.3) is 0 Å². The van der Waals surface area contributed by atoms with Crippen LogP contribution < -0.4 is 14.8 Å². The molecule has 1 rings (SSSR count). The van der Waals surface area contributed by atoms with Crippen molar-refractivity contribution in [1.82, 2.24) is 5.32 Å². The first-order chi connectivity index (χ1) is 10.6. The van der Waals surface area contributed by atoms with Gasteiger partial charge in [-0.1, -0.05) is 33.4 Å². The van der Waals surface area contributed by atoms with Crippen molar-refractivity contribution in [3.05, 3.63) is 34.8 Å². The van der Waals surface area contributed by atoms with Crippen molar-refractivity contribution in [3.63, 3.8) is 0 Å². The van der Waals surface area contributed by atoms with Gasteiger partial charge in [-0.2, -0.15) is 0 Å². The Morgan fingerprint density at radius 3 is 2.33 bits per heavy atom. The Morgan fingerprint density at radius 2 is 1.83 bits per heavy atom. The first-order valence-corrected chi connectivity index (χ1v) is 8.72. The molecule has 0 aliphatic rings. The van der Waals surface area contributed by atoms with Gasteiger partial charge in [0, 0.05) is 12.1 Å². The number of hydrogen-bond donors (Lipinski definition) is 1. The van der Waals surface area contributed by atoms with Gasteiger partial charge in [0.05, 0.1) is 11.6 Å². The third kappa shape index (κ3) is 7.91. The van der Waals surface area contributed by atoms with E-state index in [-0.39, 0.29) is 23.4 Å². The summed E-state index contributed by atoms with van der Waals surface area (Å²) in [5.41, 5.74) is 1.51. The van der Waals surface area contributed by atoms with Crippen LogP contribution in [-0.2, 0) is 6.54 Å². The van der Waals surface area contributed by atoms with Crippen molar-refractivity contribution >= 4 is 28.3 Å². The first kappa shape index (κ1) is 23.3. The Morgan fingerprint density at radius 1 is 1.21 bits per heavy atom. The van der Waals surface area contributed by atoms with E-state index < -0.39 is 0 Å². The molecule has 0 atom stereocenters. The lowest BCUT2D eigenvalue weighted by Gasteiger charge is -2.33. The molecule has 0 aromatic heterocycles. The molecule has 1 aromatic rings. The summed E-state index contributed by atoms with van der Waals surface area (Å²) in [5.74, 6) is 1.44. The number of nitrogens with one attached hydrogen (secondary N) is 1. The van der Waals surface area contributed by atoms with Crippen LogP contribution in [0.25, 0.3) is 0 Å². The van der Waals surface area contributed by atoms with Gasteiger partial charge in [-0.3, -0.25) is 0 Å². The molecule has 0 saturated carbocycles. The monoisotopic (exact) mass is 419 g/mol. The first-order valence-electron chi connectivity index (χ1n) is 7.93. The number of hydrogen-bond acceptors (Lipinski definition) is 3. The Bertz CT molecular complexity index is 539. The normalized spacial score (nSPS) is 11.6. The summed E-state index contributed by atoms with van der Waals surface area (Å²) < 4.78 is 12.0. The molecule has 0 radical (unpaired) electrons. The van der Waals surface area contributed by atoms with Crippen LogP contribution in [0.15, 0.2) is 29.3 Å². The van der Waals surface area contributed by atoms with Gasteiger partial charge < -0.3 is 14.8 Å². The van der Waals surface area contributed by atoms with E-state index in [4.69, 9.17) is 9.47 Å². The van der Waals surface area contributed by atoms with Crippen LogP contribution in [-0.4, -0.2) is 19.3 Å². The van der Waals surface area contributed by atoms with Gasteiger partial charge in [-0.25, -0.2) is 0 Å². The number of halogens is 2. The highest BCUT2D eigenvalue weighted by Crippen LogP contribution is 2.37. The maximum atomic E-state index is 5.66. The lowest BCUT2D eigenvalue weighted by molar-refractivity contribution is 0.240. The zero-order valence-electron chi connectivity index (χ0n) is 15.7. The topological polar surface area (TPSA) is 30.5 Å². The van der Waals surface area contributed by atoms with Crippen molar-refractivity contribution in [2.45, 2.75) is 53.1 Å². The fourth-order valence-corrected chi connectivity index (χ4v) is 3.49. The van der Waals surface area contributed by atoms with Crippen LogP contribution in [0.2, 0.25) is 0 Å². The fourth-order valence-electron chi connectivity index (χ4n) is 2.89. The summed E-state index contributed by atoms with van der Waals surface area (Å²) in [6.07, 6.45) is 2.81. The van der Waals surface area contributed by atoms with Crippen LogP contribution in [0.5, 0.6) is 11.5 Å². The molecule has 5 heteroatoms. The second-order valence-electron chi connectivity index (χ2n) is 7.68. The molecule has 1 aromatic carbocycles. The van der Waals surface area contributed by atoms with Crippen molar-refractivity contribution in [3.8, 4) is 11.5 Å². The molecule has 0 saturated heterocycles. The average Bonchev–Trinajstić information content (AvgIpc) is 2.41. The average molecular weight is 421 g/mol. The summed E-state index contributed by atoms with van der Waals surface area (Å²) in [6.45, 7) is 16.2. The Hall–Kier alpha value is -0.710. The number of ether oxygens (including phenoxy) is 2. The molecule has 0 aliphatic heterocycles. The lowest BCUT2D eigenvalue weighted by Crippen LogP contribution is -2.41. The minimum Gasteiger partial charge on any atom is -0.493 e. The second-order valence-corrected chi connectivity index (χ2v) is 8.54. The van der Waals surface area contributed by atoms with Gasteiger partial charge in [-0.15, -0.1) is 12.4 Å². The number of benzene rings is 1. The molecule has 0 heterocycles. The molecule has 0 bridgehead atoms. The zero-order valence-corrected chi connectivity index (χ0v) is 18.1. The highest BCUT2D eigenvalue weighted by atomic mass is 79.9. The third-order valence-corrected chi connectivity index (χ3v) is 3.97. The van der Waals surface area contributed by atoms with Crippen molar-refractivity contribution in [1.29, 1.82) is 0 Å². The van der Waals surface area contributed by atoms with Crippen LogP contribution >= 0.6 is 28.3 Å². The van der Waals surface area contributed by atoms with Crippen molar-refractivity contribution in [2.24, 2.45) is 5.41 Å². The highest BCUT2D eigenvalue weighted by Gasteiger charge is 2.25. The maximum Gasteiger partial charge on any atom is 0.175 e. The van der Waals surface area contributed by atoms with Gasteiger partial charge >= 0.3 is 0 Å². The van der Waals surface area contributed by atoms with Crippen LogP contribution in [0.3, 0.4) is 0 Å². The number of rotatable bonds is 8. The molecule has 138 valence electrons. The maximum absolute atomic E-state index is 5.66. The molecule has 0 amide bonds. The molecular weight excluding hydrogens is 390 g/mol. The zero-order chi connectivity index (χ0) is 17.7. The van der Waals surface area contributed by atoms with E-state index in [1.165, 1.54) is 0 Å². The SMILES string of the molecule is C=CCOc1c(Br)cc(CNC(C)(C)CC(C)(C)C)cc1OC.Cl. The Kier molecular flexibility index (Phi) is 9.40. The summed E-state index contributed by atoms with van der Waals surface area (Å²) in [5, 5.41) is 3.64. The predicted octanol–water partition coefficient (Wildman–Crippen LogP) is 5.75. The van der Waals surface area contributed by atoms with E-state index in [2.05, 4.69) is 68.5 Å². The van der Waals surface area contributed by atoms with E-state index in [1.54, 1.807) is 13.2 Å². The summed E-state index contributed by atoms with van der Waals surface area (Å²) >= 11 is 3.57. The van der Waals surface area contributed by atoms with E-state index in [1.807, 2.05) is 6.07 Å². The summed E-state index contributed by atoms with van der Waals surface area (Å²) in [6, 6.07) is 4.09. The van der Waals surface area contributed by atoms with Crippen molar-refractivity contribution in [2.75, 3.05) is 13.7 Å². The lowest BCUT2D eigenvalue weighted by atomic mass is 9.82. The molecule has 0 fully saturated rings. The molecule has 0 unspecified atom stereocenters. The number of methoxy groups -OCH3 is 1. The van der Waals surface area contributed by atoms with E-state index in [9.17, 15) is 0 Å². The molecule has 0 spiro atoms. The quantitative estimate of drug-likeness (QED) is 0.543. The Balaban J connectivity index is 0.00000529. The highest BCUT2D eigenvalue weighted by molar-refractivity contribution is 9.10.